The topological polar surface area (TPSA) is 0 Å². The zero-order valence-electron chi connectivity index (χ0n) is 2.13. The summed E-state index contributed by atoms with van der Waals surface area (Å²) in [5.41, 5.74) is 0. The van der Waals surface area contributed by atoms with E-state index >= 15 is 0 Å². The van der Waals surface area contributed by atoms with E-state index in [0.29, 0.717) is 0 Å². The summed E-state index contributed by atoms with van der Waals surface area (Å²) in [4.78, 5) is 0. The molecule has 0 aliphatic carbocycles. The molecule has 0 aliphatic rings. The number of hydrogen-bond acceptors (Lipinski definition) is 0. The van der Waals surface area contributed by atoms with Crippen molar-refractivity contribution in [2.24, 2.45) is 0 Å². The van der Waals surface area contributed by atoms with E-state index in [1.165, 1.54) is 0 Å². The molecule has 0 nitrogen and oxygen atoms in total. The van der Waals surface area contributed by atoms with E-state index < -0.39 is 5.01 Å². The average molecular weight is 142 g/mol. The van der Waals surface area contributed by atoms with Crippen LogP contribution in [0.3, 0.4) is 0 Å². The average Bonchev–Trinajstić information content (AvgIpc) is 0.722. The van der Waals surface area contributed by atoms with E-state index in [4.69, 9.17) is 0 Å². The van der Waals surface area contributed by atoms with Gasteiger partial charge in [0, 0.05) is 0 Å². The van der Waals surface area contributed by atoms with Gasteiger partial charge < -0.3 is 0 Å². The molecule has 3 radical (unpaired) electrons. The first-order valence-electron chi connectivity index (χ1n) is 0.817. The summed E-state index contributed by atoms with van der Waals surface area (Å²) >= 11 is 0.188. The summed E-state index contributed by atoms with van der Waals surface area (Å²) in [6.07, 6.45) is 0. The van der Waals surface area contributed by atoms with Crippen LogP contribution in [0.15, 0.2) is 0 Å². The van der Waals surface area contributed by atoms with Gasteiger partial charge in [0.15, 0.2) is 0 Å². The van der Waals surface area contributed by atoms with Crippen LogP contribution in [-0.2, 0) is 0 Å². The molecular formula is CF3Ge. The van der Waals surface area contributed by atoms with Crippen LogP contribution in [0, 0.1) is 0 Å². The molecule has 0 aromatic carbocycles. The first kappa shape index (κ1) is 5.33. The number of halogens is 3. The second kappa shape index (κ2) is 1.20. The molecule has 4 heteroatoms. The van der Waals surface area contributed by atoms with E-state index in [1.807, 2.05) is 0 Å². The van der Waals surface area contributed by atoms with Crippen LogP contribution < -0.4 is 0 Å². The third-order valence-electron chi connectivity index (χ3n) is 0. The monoisotopic (exact) mass is 143 g/mol. The maximum absolute atomic E-state index is 10.4. The van der Waals surface area contributed by atoms with E-state index in [-0.39, 0.29) is 16.5 Å². The minimum absolute atomic E-state index is 0.188. The molecule has 0 rings (SSSR count). The number of alkyl halides is 3. The predicted octanol–water partition coefficient (Wildman–Crippen LogP) is 0.675. The van der Waals surface area contributed by atoms with Crippen LogP contribution in [0.25, 0.3) is 0 Å². The number of rotatable bonds is 0. The molecule has 5 heavy (non-hydrogen) atoms. The quantitative estimate of drug-likeness (QED) is 0.435. The van der Waals surface area contributed by atoms with Crippen LogP contribution in [0.2, 0.25) is 0 Å². The Kier molecular flexibility index (Phi) is 1.28. The Morgan fingerprint density at radius 2 is 1.20 bits per heavy atom. The molecule has 0 aromatic rings. The van der Waals surface area contributed by atoms with Crippen molar-refractivity contribution in [3.63, 3.8) is 0 Å². The van der Waals surface area contributed by atoms with Gasteiger partial charge in [0.05, 0.1) is 0 Å². The van der Waals surface area contributed by atoms with E-state index in [0.717, 1.165) is 0 Å². The third-order valence-corrected chi connectivity index (χ3v) is 0. The van der Waals surface area contributed by atoms with Gasteiger partial charge in [-0.1, -0.05) is 0 Å². The summed E-state index contributed by atoms with van der Waals surface area (Å²) in [5.74, 6) is 0. The van der Waals surface area contributed by atoms with Gasteiger partial charge in [-0.05, 0) is 0 Å². The molecule has 0 amide bonds. The molecule has 0 atom stereocenters. The normalized spacial score (nSPS) is 12.0. The molecule has 0 N–H and O–H groups in total. The van der Waals surface area contributed by atoms with Crippen molar-refractivity contribution >= 4 is 16.5 Å². The van der Waals surface area contributed by atoms with Gasteiger partial charge in [-0.15, -0.1) is 0 Å². The fourth-order valence-corrected chi connectivity index (χ4v) is 0. The molecule has 0 fully saturated rings. The van der Waals surface area contributed by atoms with Gasteiger partial charge in [0.25, 0.3) is 0 Å². The third kappa shape index (κ3) is 213. The van der Waals surface area contributed by atoms with Crippen LogP contribution in [0.1, 0.15) is 0 Å². The van der Waals surface area contributed by atoms with Crippen molar-refractivity contribution in [3.8, 4) is 0 Å². The molecule has 0 spiro atoms. The van der Waals surface area contributed by atoms with E-state index in [1.54, 1.807) is 0 Å². The van der Waals surface area contributed by atoms with Crippen molar-refractivity contribution in [2.45, 2.75) is 5.01 Å². The Hall–Kier alpha value is 0.333. The molecular weight excluding hydrogens is 142 g/mol. The summed E-state index contributed by atoms with van der Waals surface area (Å²) in [6, 6.07) is 0. The summed E-state index contributed by atoms with van der Waals surface area (Å²) in [7, 11) is 0. The standard InChI is InChI=1S/CF3Ge/c2-1(3,4)5. The van der Waals surface area contributed by atoms with Crippen LogP contribution in [0.4, 0.5) is 13.2 Å². The van der Waals surface area contributed by atoms with Gasteiger partial charge in [0.2, 0.25) is 0 Å². The van der Waals surface area contributed by atoms with Gasteiger partial charge in [-0.2, -0.15) is 0 Å². The van der Waals surface area contributed by atoms with Crippen molar-refractivity contribution in [3.05, 3.63) is 0 Å². The Morgan fingerprint density at radius 3 is 1.20 bits per heavy atom. The summed E-state index contributed by atoms with van der Waals surface area (Å²) in [6.45, 7) is 0. The molecule has 0 saturated heterocycles. The van der Waals surface area contributed by atoms with Crippen molar-refractivity contribution in [1.82, 2.24) is 0 Å². The Labute approximate surface area is 35.6 Å². The minimum atomic E-state index is -4.00. The van der Waals surface area contributed by atoms with Crippen LogP contribution in [0.5, 0.6) is 0 Å². The maximum atomic E-state index is 10.4. The Morgan fingerprint density at radius 1 is 1.20 bits per heavy atom. The van der Waals surface area contributed by atoms with Crippen LogP contribution in [-0.4, -0.2) is 21.5 Å². The van der Waals surface area contributed by atoms with Gasteiger partial charge in [-0.25, -0.2) is 0 Å². The molecule has 0 aliphatic heterocycles. The SMILES string of the molecule is F[C](F)(F)[Ge]. The molecule has 29 valence electrons. The van der Waals surface area contributed by atoms with Gasteiger partial charge >= 0.3 is 34.7 Å². The fraction of sp³-hybridized carbons (Fsp3) is 1.00. The predicted molar refractivity (Wildman–Crippen MR) is 11.8 cm³/mol. The van der Waals surface area contributed by atoms with Gasteiger partial charge in [0.1, 0.15) is 0 Å². The fourth-order valence-electron chi connectivity index (χ4n) is 0. The van der Waals surface area contributed by atoms with E-state index in [9.17, 15) is 13.2 Å². The Balaban J connectivity index is 3.02. The molecule has 0 saturated carbocycles. The van der Waals surface area contributed by atoms with Crippen molar-refractivity contribution in [1.29, 1.82) is 0 Å². The summed E-state index contributed by atoms with van der Waals surface area (Å²) < 4.78 is 31.1. The number of hydrogen-bond donors (Lipinski definition) is 0. The first-order valence-corrected chi connectivity index (χ1v) is 1.87. The molecule has 0 aromatic heterocycles. The molecule has 0 heterocycles. The van der Waals surface area contributed by atoms with Crippen molar-refractivity contribution in [2.75, 3.05) is 0 Å². The second-order valence-electron chi connectivity index (χ2n) is 0.498. The molecule has 0 bridgehead atoms. The first-order chi connectivity index (χ1) is 2.00. The second-order valence-corrected chi connectivity index (χ2v) is 1.69. The Bertz CT molecular complexity index is 22.4. The summed E-state index contributed by atoms with van der Waals surface area (Å²) in [5, 5.41) is -4.00. The van der Waals surface area contributed by atoms with Gasteiger partial charge in [-0.3, -0.25) is 0 Å². The molecule has 0 unspecified atom stereocenters. The zero-order valence-corrected chi connectivity index (χ0v) is 4.23. The zero-order chi connectivity index (χ0) is 4.50. The van der Waals surface area contributed by atoms with E-state index in [2.05, 4.69) is 0 Å². The van der Waals surface area contributed by atoms with Crippen LogP contribution >= 0.6 is 0 Å². The van der Waals surface area contributed by atoms with Crippen molar-refractivity contribution < 1.29 is 13.2 Å².